The maximum absolute atomic E-state index is 11.7. The summed E-state index contributed by atoms with van der Waals surface area (Å²) in [6.45, 7) is 2.06. The summed E-state index contributed by atoms with van der Waals surface area (Å²) in [5.74, 6) is 1.15. The van der Waals surface area contributed by atoms with Crippen LogP contribution in [0.5, 0.6) is 11.5 Å². The Morgan fingerprint density at radius 1 is 1.35 bits per heavy atom. The van der Waals surface area contributed by atoms with E-state index in [0.29, 0.717) is 10.9 Å². The molecule has 0 fully saturated rings. The van der Waals surface area contributed by atoms with Crippen molar-refractivity contribution in [2.24, 2.45) is 0 Å². The van der Waals surface area contributed by atoms with Gasteiger partial charge in [-0.15, -0.1) is 10.2 Å². The van der Waals surface area contributed by atoms with Gasteiger partial charge in [-0.1, -0.05) is 17.4 Å². The molecular formula is C13H11N3O3S. The lowest BCUT2D eigenvalue weighted by molar-refractivity contribution is -0.111. The molecule has 20 heavy (non-hydrogen) atoms. The molecule has 1 aliphatic rings. The van der Waals surface area contributed by atoms with Gasteiger partial charge in [0, 0.05) is 6.08 Å². The van der Waals surface area contributed by atoms with Crippen LogP contribution in [0.4, 0.5) is 5.13 Å². The van der Waals surface area contributed by atoms with Crippen LogP contribution < -0.4 is 14.8 Å². The van der Waals surface area contributed by atoms with Gasteiger partial charge in [-0.2, -0.15) is 0 Å². The third-order valence-electron chi connectivity index (χ3n) is 2.58. The average molecular weight is 289 g/mol. The summed E-state index contributed by atoms with van der Waals surface area (Å²) in [7, 11) is 0. The Hall–Kier alpha value is -2.41. The SMILES string of the molecule is Cc1nnc(NC(=O)C=Cc2ccc3c(c2)OCO3)s1. The summed E-state index contributed by atoms with van der Waals surface area (Å²) in [4.78, 5) is 11.7. The molecule has 1 aromatic carbocycles. The molecule has 1 amide bonds. The minimum absolute atomic E-state index is 0.236. The lowest BCUT2D eigenvalue weighted by Gasteiger charge is -1.98. The average Bonchev–Trinajstić information content (AvgIpc) is 3.04. The Labute approximate surface area is 119 Å². The predicted octanol–water partition coefficient (Wildman–Crippen LogP) is 2.23. The molecule has 3 rings (SSSR count). The Balaban J connectivity index is 1.66. The summed E-state index contributed by atoms with van der Waals surface area (Å²) < 4.78 is 10.5. The summed E-state index contributed by atoms with van der Waals surface area (Å²) >= 11 is 1.33. The number of carbonyl (C=O) groups excluding carboxylic acids is 1. The van der Waals surface area contributed by atoms with Crippen molar-refractivity contribution in [3.63, 3.8) is 0 Å². The Bertz CT molecular complexity index is 681. The molecule has 0 bridgehead atoms. The second kappa shape index (κ2) is 5.30. The minimum Gasteiger partial charge on any atom is -0.454 e. The minimum atomic E-state index is -0.251. The normalized spacial score (nSPS) is 12.8. The maximum Gasteiger partial charge on any atom is 0.250 e. The molecular weight excluding hydrogens is 278 g/mol. The third kappa shape index (κ3) is 2.77. The highest BCUT2D eigenvalue weighted by molar-refractivity contribution is 7.15. The lowest BCUT2D eigenvalue weighted by Crippen LogP contribution is -2.07. The molecule has 1 aliphatic heterocycles. The first-order chi connectivity index (χ1) is 9.70. The zero-order valence-corrected chi connectivity index (χ0v) is 11.4. The van der Waals surface area contributed by atoms with Crippen molar-refractivity contribution in [1.82, 2.24) is 10.2 Å². The van der Waals surface area contributed by atoms with E-state index in [4.69, 9.17) is 9.47 Å². The molecule has 2 heterocycles. The number of ether oxygens (including phenoxy) is 2. The number of hydrogen-bond acceptors (Lipinski definition) is 6. The van der Waals surface area contributed by atoms with Crippen LogP contribution in [-0.4, -0.2) is 22.9 Å². The van der Waals surface area contributed by atoms with Crippen molar-refractivity contribution >= 4 is 28.5 Å². The van der Waals surface area contributed by atoms with Crippen LogP contribution in [0.25, 0.3) is 6.08 Å². The number of fused-ring (bicyclic) bond motifs is 1. The van der Waals surface area contributed by atoms with Crippen LogP contribution in [0.15, 0.2) is 24.3 Å². The van der Waals surface area contributed by atoms with E-state index in [1.165, 1.54) is 17.4 Å². The zero-order chi connectivity index (χ0) is 13.9. The first kappa shape index (κ1) is 12.6. The topological polar surface area (TPSA) is 73.3 Å². The van der Waals surface area contributed by atoms with Crippen molar-refractivity contribution in [2.75, 3.05) is 12.1 Å². The predicted molar refractivity (Wildman–Crippen MR) is 74.9 cm³/mol. The molecule has 0 unspecified atom stereocenters. The number of rotatable bonds is 3. The number of nitrogens with one attached hydrogen (secondary N) is 1. The fourth-order valence-electron chi connectivity index (χ4n) is 1.68. The summed E-state index contributed by atoms with van der Waals surface area (Å²) in [5.41, 5.74) is 0.859. The highest BCUT2D eigenvalue weighted by Crippen LogP contribution is 2.32. The molecule has 1 aromatic heterocycles. The van der Waals surface area contributed by atoms with Crippen LogP contribution in [-0.2, 0) is 4.79 Å². The van der Waals surface area contributed by atoms with Crippen LogP contribution in [0.1, 0.15) is 10.6 Å². The number of carbonyl (C=O) groups is 1. The van der Waals surface area contributed by atoms with Crippen molar-refractivity contribution in [3.05, 3.63) is 34.8 Å². The monoisotopic (exact) mass is 289 g/mol. The van der Waals surface area contributed by atoms with Gasteiger partial charge < -0.3 is 9.47 Å². The highest BCUT2D eigenvalue weighted by atomic mass is 32.1. The first-order valence-electron chi connectivity index (χ1n) is 5.89. The van der Waals surface area contributed by atoms with Gasteiger partial charge in [0.05, 0.1) is 0 Å². The Morgan fingerprint density at radius 2 is 2.20 bits per heavy atom. The maximum atomic E-state index is 11.7. The molecule has 7 heteroatoms. The van der Waals surface area contributed by atoms with Crippen LogP contribution in [0.2, 0.25) is 0 Å². The molecule has 102 valence electrons. The van der Waals surface area contributed by atoms with E-state index in [1.54, 1.807) is 6.08 Å². The molecule has 0 saturated heterocycles. The number of hydrogen-bond donors (Lipinski definition) is 1. The number of amides is 1. The number of aromatic nitrogens is 2. The third-order valence-corrected chi connectivity index (χ3v) is 3.33. The number of nitrogens with zero attached hydrogens (tertiary/aromatic N) is 2. The second-order valence-electron chi connectivity index (χ2n) is 4.06. The first-order valence-corrected chi connectivity index (χ1v) is 6.71. The van der Waals surface area contributed by atoms with Gasteiger partial charge in [-0.25, -0.2) is 0 Å². The molecule has 2 aromatic rings. The van der Waals surface area contributed by atoms with Crippen molar-refractivity contribution < 1.29 is 14.3 Å². The highest BCUT2D eigenvalue weighted by Gasteiger charge is 2.12. The van der Waals surface area contributed by atoms with Gasteiger partial charge >= 0.3 is 0 Å². The smallest absolute Gasteiger partial charge is 0.250 e. The van der Waals surface area contributed by atoms with E-state index >= 15 is 0 Å². The van der Waals surface area contributed by atoms with E-state index in [1.807, 2.05) is 25.1 Å². The van der Waals surface area contributed by atoms with Gasteiger partial charge in [0.1, 0.15) is 5.01 Å². The van der Waals surface area contributed by atoms with Gasteiger partial charge in [-0.3, -0.25) is 10.1 Å². The van der Waals surface area contributed by atoms with E-state index in [0.717, 1.165) is 16.3 Å². The summed E-state index contributed by atoms with van der Waals surface area (Å²) in [6, 6.07) is 5.49. The fraction of sp³-hybridized carbons (Fsp3) is 0.154. The van der Waals surface area contributed by atoms with E-state index < -0.39 is 0 Å². The van der Waals surface area contributed by atoms with E-state index in [2.05, 4.69) is 15.5 Å². The Kier molecular flexibility index (Phi) is 3.34. The fourth-order valence-corrected chi connectivity index (χ4v) is 2.28. The lowest BCUT2D eigenvalue weighted by atomic mass is 10.2. The van der Waals surface area contributed by atoms with Crippen LogP contribution >= 0.6 is 11.3 Å². The second-order valence-corrected chi connectivity index (χ2v) is 5.24. The van der Waals surface area contributed by atoms with Crippen molar-refractivity contribution in [2.45, 2.75) is 6.92 Å². The molecule has 0 atom stereocenters. The summed E-state index contributed by atoms with van der Waals surface area (Å²) in [5, 5.41) is 11.6. The van der Waals surface area contributed by atoms with Crippen molar-refractivity contribution in [1.29, 1.82) is 0 Å². The largest absolute Gasteiger partial charge is 0.454 e. The van der Waals surface area contributed by atoms with Crippen LogP contribution in [0, 0.1) is 6.92 Å². The molecule has 0 saturated carbocycles. The van der Waals surface area contributed by atoms with Crippen molar-refractivity contribution in [3.8, 4) is 11.5 Å². The number of anilines is 1. The molecule has 0 radical (unpaired) electrons. The number of aryl methyl sites for hydroxylation is 1. The summed E-state index contributed by atoms with van der Waals surface area (Å²) in [6.07, 6.45) is 3.14. The quantitative estimate of drug-likeness (QED) is 0.877. The van der Waals surface area contributed by atoms with Gasteiger partial charge in [0.25, 0.3) is 0 Å². The molecule has 1 N–H and O–H groups in total. The van der Waals surface area contributed by atoms with E-state index in [-0.39, 0.29) is 12.7 Å². The van der Waals surface area contributed by atoms with Crippen LogP contribution in [0.3, 0.4) is 0 Å². The standard InChI is InChI=1S/C13H11N3O3S/c1-8-15-16-13(20-8)14-12(17)5-3-9-2-4-10-11(6-9)19-7-18-10/h2-6H,7H2,1H3,(H,14,16,17). The van der Waals surface area contributed by atoms with Gasteiger partial charge in [0.2, 0.25) is 17.8 Å². The number of benzene rings is 1. The van der Waals surface area contributed by atoms with E-state index in [9.17, 15) is 4.79 Å². The zero-order valence-electron chi connectivity index (χ0n) is 10.6. The molecule has 0 aliphatic carbocycles. The Morgan fingerprint density at radius 3 is 3.00 bits per heavy atom. The molecule has 6 nitrogen and oxygen atoms in total. The van der Waals surface area contributed by atoms with Gasteiger partial charge in [-0.05, 0) is 30.7 Å². The van der Waals surface area contributed by atoms with Gasteiger partial charge in [0.15, 0.2) is 11.5 Å². The molecule has 0 spiro atoms.